The maximum atomic E-state index is 6.48. The van der Waals surface area contributed by atoms with Crippen LogP contribution in [0.15, 0.2) is 23.0 Å². The molecule has 6 rings (SSSR count). The Bertz CT molecular complexity index is 1090. The highest BCUT2D eigenvalue weighted by Crippen LogP contribution is 2.47. The summed E-state index contributed by atoms with van der Waals surface area (Å²) in [6.45, 7) is 0. The minimum atomic E-state index is -0.142. The Morgan fingerprint density at radius 1 is 0.929 bits per heavy atom. The Morgan fingerprint density at radius 2 is 1.79 bits per heavy atom. The lowest BCUT2D eigenvalue weighted by Crippen LogP contribution is -2.08. The summed E-state index contributed by atoms with van der Waals surface area (Å²) in [5.74, 6) is 1.77. The molecule has 0 bridgehead atoms. The molecule has 6 heteroatoms. The maximum absolute atomic E-state index is 6.48. The zero-order valence-corrected chi connectivity index (χ0v) is 16.3. The van der Waals surface area contributed by atoms with E-state index in [0.717, 1.165) is 78.2 Å². The molecule has 142 valence electrons. The van der Waals surface area contributed by atoms with Crippen LogP contribution in [0.1, 0.15) is 59.2 Å². The molecule has 5 nitrogen and oxygen atoms in total. The molecule has 0 fully saturated rings. The van der Waals surface area contributed by atoms with Crippen LogP contribution in [0.25, 0.3) is 11.3 Å². The van der Waals surface area contributed by atoms with Gasteiger partial charge in [-0.1, -0.05) is 16.8 Å². The molecule has 2 aromatic heterocycles. The van der Waals surface area contributed by atoms with Crippen molar-refractivity contribution >= 4 is 11.6 Å². The van der Waals surface area contributed by atoms with Crippen LogP contribution < -0.4 is 4.74 Å². The average molecular weight is 394 g/mol. The summed E-state index contributed by atoms with van der Waals surface area (Å²) in [4.78, 5) is 9.07. The molecule has 28 heavy (non-hydrogen) atoms. The molecule has 1 atom stereocenters. The van der Waals surface area contributed by atoms with Crippen molar-refractivity contribution in [1.29, 1.82) is 0 Å². The molecule has 0 saturated carbocycles. The third kappa shape index (κ3) is 2.49. The Balaban J connectivity index is 1.43. The van der Waals surface area contributed by atoms with E-state index < -0.39 is 0 Å². The lowest BCUT2D eigenvalue weighted by molar-refractivity contribution is 0.189. The smallest absolute Gasteiger partial charge is 0.181 e. The van der Waals surface area contributed by atoms with Crippen LogP contribution in [0.4, 0.5) is 0 Å². The van der Waals surface area contributed by atoms with Gasteiger partial charge in [-0.3, -0.25) is 0 Å². The number of hydrogen-bond donors (Lipinski definition) is 0. The van der Waals surface area contributed by atoms with Gasteiger partial charge in [-0.25, -0.2) is 9.97 Å². The fourth-order valence-electron chi connectivity index (χ4n) is 4.91. The van der Waals surface area contributed by atoms with Gasteiger partial charge in [-0.15, -0.1) is 0 Å². The first-order valence-corrected chi connectivity index (χ1v) is 10.5. The van der Waals surface area contributed by atoms with Crippen LogP contribution in [-0.4, -0.2) is 15.1 Å². The summed E-state index contributed by atoms with van der Waals surface area (Å²) in [5.41, 5.74) is 7.78. The first-order chi connectivity index (χ1) is 13.8. The summed E-state index contributed by atoms with van der Waals surface area (Å²) >= 11 is 6.48. The van der Waals surface area contributed by atoms with Gasteiger partial charge in [0.15, 0.2) is 11.9 Å². The lowest BCUT2D eigenvalue weighted by atomic mass is 9.93. The van der Waals surface area contributed by atoms with Gasteiger partial charge in [0.05, 0.1) is 11.4 Å². The molecule has 0 spiro atoms. The molecule has 3 heterocycles. The highest BCUT2D eigenvalue weighted by molar-refractivity contribution is 6.31. The lowest BCUT2D eigenvalue weighted by Gasteiger charge is -2.14. The second-order valence-electron chi connectivity index (χ2n) is 7.93. The van der Waals surface area contributed by atoms with E-state index in [-0.39, 0.29) is 6.10 Å². The standard InChI is InChI=1S/C22H20ClN3O2/c23-13-8-12-9-19(22-15-4-1-2-6-18(15)26-28-22)27-21(12)16(10-13)20-14-5-3-7-17(14)24-11-25-20/h8,10-11,19H,1-7,9H2/t19-/m1/s1. The predicted molar refractivity (Wildman–Crippen MR) is 105 cm³/mol. The van der Waals surface area contributed by atoms with Crippen molar-refractivity contribution in [3.63, 3.8) is 0 Å². The number of ether oxygens (including phenoxy) is 1. The summed E-state index contributed by atoms with van der Waals surface area (Å²) in [5, 5.41) is 5.02. The third-order valence-corrected chi connectivity index (χ3v) is 6.43. The molecule has 1 aliphatic heterocycles. The Labute approximate surface area is 168 Å². The fraction of sp³-hybridized carbons (Fsp3) is 0.409. The highest BCUT2D eigenvalue weighted by Gasteiger charge is 2.35. The van der Waals surface area contributed by atoms with Gasteiger partial charge >= 0.3 is 0 Å². The van der Waals surface area contributed by atoms with Gasteiger partial charge in [0, 0.05) is 39.4 Å². The van der Waals surface area contributed by atoms with Gasteiger partial charge in [0.25, 0.3) is 0 Å². The van der Waals surface area contributed by atoms with E-state index >= 15 is 0 Å². The number of rotatable bonds is 2. The normalized spacial score (nSPS) is 19.8. The zero-order valence-electron chi connectivity index (χ0n) is 15.5. The molecule has 0 radical (unpaired) electrons. The quantitative estimate of drug-likeness (QED) is 0.624. The van der Waals surface area contributed by atoms with Crippen molar-refractivity contribution in [2.75, 3.05) is 0 Å². The number of fused-ring (bicyclic) bond motifs is 3. The van der Waals surface area contributed by atoms with Crippen LogP contribution in [0.2, 0.25) is 5.02 Å². The van der Waals surface area contributed by atoms with Crippen molar-refractivity contribution in [3.8, 4) is 17.0 Å². The van der Waals surface area contributed by atoms with E-state index in [1.54, 1.807) is 6.33 Å². The first-order valence-electron chi connectivity index (χ1n) is 10.1. The maximum Gasteiger partial charge on any atom is 0.181 e. The summed E-state index contributed by atoms with van der Waals surface area (Å²) < 4.78 is 12.2. The van der Waals surface area contributed by atoms with Crippen LogP contribution in [-0.2, 0) is 32.1 Å². The van der Waals surface area contributed by atoms with E-state index in [0.29, 0.717) is 5.02 Å². The Morgan fingerprint density at radius 3 is 2.75 bits per heavy atom. The van der Waals surface area contributed by atoms with E-state index in [1.807, 2.05) is 12.1 Å². The van der Waals surface area contributed by atoms with E-state index in [2.05, 4.69) is 15.1 Å². The SMILES string of the molecule is Clc1cc2c(c(-c3ncnc4c3CCC4)c1)O[C@@H](c1onc3c1CCCC3)C2. The van der Waals surface area contributed by atoms with Crippen LogP contribution in [0, 0.1) is 0 Å². The molecular weight excluding hydrogens is 374 g/mol. The Kier molecular flexibility index (Phi) is 3.73. The van der Waals surface area contributed by atoms with Gasteiger partial charge in [0.1, 0.15) is 12.1 Å². The van der Waals surface area contributed by atoms with Crippen LogP contribution in [0.3, 0.4) is 0 Å². The van der Waals surface area contributed by atoms with Crippen LogP contribution >= 0.6 is 11.6 Å². The number of nitrogens with zero attached hydrogens (tertiary/aromatic N) is 3. The molecule has 3 aromatic rings. The third-order valence-electron chi connectivity index (χ3n) is 6.21. The highest BCUT2D eigenvalue weighted by atomic mass is 35.5. The number of benzene rings is 1. The van der Waals surface area contributed by atoms with Crippen molar-refractivity contribution in [2.45, 2.75) is 57.5 Å². The number of aryl methyl sites for hydroxylation is 2. The van der Waals surface area contributed by atoms with Gasteiger partial charge in [-0.2, -0.15) is 0 Å². The summed E-state index contributed by atoms with van der Waals surface area (Å²) in [6, 6.07) is 3.98. The predicted octanol–water partition coefficient (Wildman–Crippen LogP) is 4.83. The minimum absolute atomic E-state index is 0.142. The van der Waals surface area contributed by atoms with Crippen molar-refractivity contribution < 1.29 is 9.26 Å². The molecular formula is C22H20ClN3O2. The fourth-order valence-corrected chi connectivity index (χ4v) is 5.15. The van der Waals surface area contributed by atoms with E-state index in [4.69, 9.17) is 20.9 Å². The molecule has 1 aromatic carbocycles. The largest absolute Gasteiger partial charge is 0.481 e. The molecule has 0 amide bonds. The Hall–Kier alpha value is -2.40. The summed E-state index contributed by atoms with van der Waals surface area (Å²) in [6.07, 6.45) is 9.81. The second kappa shape index (κ2) is 6.31. The molecule has 0 saturated heterocycles. The number of halogens is 1. The van der Waals surface area contributed by atoms with Crippen molar-refractivity contribution in [3.05, 3.63) is 57.3 Å². The topological polar surface area (TPSA) is 61.0 Å². The first kappa shape index (κ1) is 16.5. The molecule has 2 aliphatic carbocycles. The van der Waals surface area contributed by atoms with Gasteiger partial charge < -0.3 is 9.26 Å². The van der Waals surface area contributed by atoms with E-state index in [9.17, 15) is 0 Å². The van der Waals surface area contributed by atoms with Crippen LogP contribution in [0.5, 0.6) is 5.75 Å². The summed E-state index contributed by atoms with van der Waals surface area (Å²) in [7, 11) is 0. The van der Waals surface area contributed by atoms with Gasteiger partial charge in [-0.05, 0) is 57.1 Å². The second-order valence-corrected chi connectivity index (χ2v) is 8.37. The van der Waals surface area contributed by atoms with Crippen molar-refractivity contribution in [1.82, 2.24) is 15.1 Å². The molecule has 3 aliphatic rings. The number of aromatic nitrogens is 3. The molecule has 0 N–H and O–H groups in total. The van der Waals surface area contributed by atoms with Gasteiger partial charge in [0.2, 0.25) is 0 Å². The molecule has 0 unspecified atom stereocenters. The number of hydrogen-bond acceptors (Lipinski definition) is 5. The van der Waals surface area contributed by atoms with E-state index in [1.165, 1.54) is 24.0 Å². The minimum Gasteiger partial charge on any atom is -0.481 e. The zero-order chi connectivity index (χ0) is 18.7. The van der Waals surface area contributed by atoms with Crippen molar-refractivity contribution in [2.24, 2.45) is 0 Å². The average Bonchev–Trinajstić information content (AvgIpc) is 3.43. The monoisotopic (exact) mass is 393 g/mol.